The van der Waals surface area contributed by atoms with E-state index in [2.05, 4.69) is 9.88 Å². The van der Waals surface area contributed by atoms with Crippen LogP contribution in [-0.2, 0) is 11.3 Å². The number of rotatable bonds is 5. The van der Waals surface area contributed by atoms with E-state index in [1.807, 2.05) is 0 Å². The van der Waals surface area contributed by atoms with Crippen LogP contribution in [0, 0.1) is 5.82 Å². The molecule has 0 atom stereocenters. The molecule has 2 aromatic rings. The summed E-state index contributed by atoms with van der Waals surface area (Å²) in [5.41, 5.74) is 1.01. The molecule has 1 aromatic carbocycles. The van der Waals surface area contributed by atoms with Gasteiger partial charge in [-0.25, -0.2) is 14.0 Å². The van der Waals surface area contributed by atoms with Gasteiger partial charge in [0, 0.05) is 38.1 Å². The predicted octanol–water partition coefficient (Wildman–Crippen LogP) is 2.06. The number of hydrogen-bond acceptors (Lipinski definition) is 5. The minimum atomic E-state index is -1.07. The fourth-order valence-corrected chi connectivity index (χ4v) is 3.60. The summed E-state index contributed by atoms with van der Waals surface area (Å²) in [7, 11) is 0. The van der Waals surface area contributed by atoms with Gasteiger partial charge in [-0.15, -0.1) is 0 Å². The van der Waals surface area contributed by atoms with E-state index < -0.39 is 11.8 Å². The number of urea groups is 1. The number of halogens is 1. The summed E-state index contributed by atoms with van der Waals surface area (Å²) >= 11 is 0. The molecule has 2 aliphatic rings. The van der Waals surface area contributed by atoms with Crippen molar-refractivity contribution in [1.29, 1.82) is 0 Å². The number of carbonyl (C=O) groups is 2. The second kappa shape index (κ2) is 8.76. The number of carbonyl (C=O) groups excluding carboxylic acids is 1. The van der Waals surface area contributed by atoms with Crippen LogP contribution in [0.15, 0.2) is 42.6 Å². The Morgan fingerprint density at radius 1 is 1.17 bits per heavy atom. The number of ether oxygens (including phenoxy) is 1. The normalized spacial score (nSPS) is 17.4. The Hall–Kier alpha value is -3.04. The topological polar surface area (TPSA) is 86.2 Å². The Morgan fingerprint density at radius 3 is 2.50 bits per heavy atom. The number of aromatic carboxylic acids is 1. The van der Waals surface area contributed by atoms with E-state index in [4.69, 9.17) is 9.84 Å². The number of carboxylic acid groups (broad SMARTS) is 1. The molecule has 0 spiro atoms. The molecular formula is C21H23FN4O4. The molecule has 4 rings (SSSR count). The Kier molecular flexibility index (Phi) is 5.91. The van der Waals surface area contributed by atoms with Crippen molar-refractivity contribution in [2.45, 2.75) is 12.6 Å². The smallest absolute Gasteiger partial charge is 0.337 e. The third-order valence-electron chi connectivity index (χ3n) is 5.46. The average Bonchev–Trinajstić information content (AvgIpc) is 2.71. The Bertz CT molecular complexity index is 911. The van der Waals surface area contributed by atoms with Crippen LogP contribution in [-0.4, -0.2) is 77.3 Å². The molecule has 2 saturated heterocycles. The molecule has 0 unspecified atom stereocenters. The van der Waals surface area contributed by atoms with Crippen molar-refractivity contribution in [2.24, 2.45) is 0 Å². The lowest BCUT2D eigenvalue weighted by Gasteiger charge is -2.43. The molecule has 8 nitrogen and oxygen atoms in total. The second-order valence-corrected chi connectivity index (χ2v) is 7.41. The maximum Gasteiger partial charge on any atom is 0.337 e. The van der Waals surface area contributed by atoms with Gasteiger partial charge in [-0.3, -0.25) is 14.8 Å². The highest BCUT2D eigenvalue weighted by Gasteiger charge is 2.32. The Balaban J connectivity index is 1.51. The van der Waals surface area contributed by atoms with Gasteiger partial charge < -0.3 is 14.7 Å². The van der Waals surface area contributed by atoms with Gasteiger partial charge in [0.05, 0.1) is 37.1 Å². The molecule has 2 amide bonds. The van der Waals surface area contributed by atoms with Gasteiger partial charge in [-0.2, -0.15) is 0 Å². The number of aromatic nitrogens is 1. The first kappa shape index (κ1) is 20.2. The van der Waals surface area contributed by atoms with E-state index in [0.717, 1.165) is 26.3 Å². The SMILES string of the molecule is O=C(O)c1ccc(CN(C(=O)N2CCN(C3COC3)CC2)c2cccc(F)c2)nc1. The molecule has 0 aliphatic carbocycles. The standard InChI is InChI=1S/C21H23FN4O4/c22-16-2-1-3-18(10-16)26(12-17-5-4-15(11-23-17)20(27)28)21(29)25-8-6-24(7-9-25)19-13-30-14-19/h1-5,10-11,19H,6-9,12-14H2,(H,27,28). The summed E-state index contributed by atoms with van der Waals surface area (Å²) in [6.07, 6.45) is 1.26. The zero-order valence-electron chi connectivity index (χ0n) is 16.4. The summed E-state index contributed by atoms with van der Waals surface area (Å²) in [5, 5.41) is 9.04. The average molecular weight is 414 g/mol. The number of benzene rings is 1. The second-order valence-electron chi connectivity index (χ2n) is 7.41. The van der Waals surface area contributed by atoms with Gasteiger partial charge in [0.2, 0.25) is 0 Å². The maximum atomic E-state index is 13.8. The van der Waals surface area contributed by atoms with Crippen molar-refractivity contribution >= 4 is 17.7 Å². The molecule has 3 heterocycles. The summed E-state index contributed by atoms with van der Waals surface area (Å²) < 4.78 is 19.1. The van der Waals surface area contributed by atoms with Crippen molar-refractivity contribution in [3.63, 3.8) is 0 Å². The zero-order chi connectivity index (χ0) is 21.1. The van der Waals surface area contributed by atoms with E-state index in [-0.39, 0.29) is 18.1 Å². The third-order valence-corrected chi connectivity index (χ3v) is 5.46. The van der Waals surface area contributed by atoms with Gasteiger partial charge in [0.15, 0.2) is 0 Å². The lowest BCUT2D eigenvalue weighted by Crippen LogP contribution is -2.59. The molecule has 158 valence electrons. The third kappa shape index (κ3) is 4.42. The quantitative estimate of drug-likeness (QED) is 0.806. The van der Waals surface area contributed by atoms with Crippen molar-refractivity contribution in [3.8, 4) is 0 Å². The fraction of sp³-hybridized carbons (Fsp3) is 0.381. The lowest BCUT2D eigenvalue weighted by atomic mass is 10.2. The van der Waals surface area contributed by atoms with Crippen molar-refractivity contribution in [2.75, 3.05) is 44.3 Å². The first-order valence-electron chi connectivity index (χ1n) is 9.83. The number of piperazine rings is 1. The molecule has 1 N–H and O–H groups in total. The zero-order valence-corrected chi connectivity index (χ0v) is 16.4. The van der Waals surface area contributed by atoms with E-state index in [0.29, 0.717) is 30.5 Å². The summed E-state index contributed by atoms with van der Waals surface area (Å²) in [6.45, 7) is 4.27. The van der Waals surface area contributed by atoms with Crippen LogP contribution < -0.4 is 4.90 Å². The largest absolute Gasteiger partial charge is 0.478 e. The van der Waals surface area contributed by atoms with Gasteiger partial charge in [-0.1, -0.05) is 6.07 Å². The summed E-state index contributed by atoms with van der Waals surface area (Å²) in [5.74, 6) is -1.50. The molecule has 2 aliphatic heterocycles. The monoisotopic (exact) mass is 414 g/mol. The van der Waals surface area contributed by atoms with E-state index in [1.54, 1.807) is 23.1 Å². The highest BCUT2D eigenvalue weighted by Crippen LogP contribution is 2.22. The molecule has 1 aromatic heterocycles. The number of nitrogens with zero attached hydrogens (tertiary/aromatic N) is 4. The summed E-state index contributed by atoms with van der Waals surface area (Å²) in [4.78, 5) is 34.1. The van der Waals surface area contributed by atoms with Crippen LogP contribution in [0.1, 0.15) is 16.1 Å². The lowest BCUT2D eigenvalue weighted by molar-refractivity contribution is -0.0738. The first-order valence-corrected chi connectivity index (χ1v) is 9.83. The number of pyridine rings is 1. The molecule has 0 bridgehead atoms. The number of anilines is 1. The predicted molar refractivity (Wildman–Crippen MR) is 107 cm³/mol. The van der Waals surface area contributed by atoms with E-state index in [1.165, 1.54) is 29.3 Å². The number of amides is 2. The van der Waals surface area contributed by atoms with Gasteiger partial charge in [0.25, 0.3) is 0 Å². The van der Waals surface area contributed by atoms with Crippen molar-refractivity contribution in [1.82, 2.24) is 14.8 Å². The molecule has 30 heavy (non-hydrogen) atoms. The van der Waals surface area contributed by atoms with Crippen LogP contribution in [0.3, 0.4) is 0 Å². The van der Waals surface area contributed by atoms with Crippen LogP contribution in [0.25, 0.3) is 0 Å². The van der Waals surface area contributed by atoms with Gasteiger partial charge in [0.1, 0.15) is 5.82 Å². The maximum absolute atomic E-state index is 13.8. The Morgan fingerprint density at radius 2 is 1.93 bits per heavy atom. The van der Waals surface area contributed by atoms with Crippen LogP contribution in [0.2, 0.25) is 0 Å². The van der Waals surface area contributed by atoms with Gasteiger partial charge >= 0.3 is 12.0 Å². The highest BCUT2D eigenvalue weighted by molar-refractivity contribution is 5.92. The molecule has 9 heteroatoms. The van der Waals surface area contributed by atoms with Gasteiger partial charge in [-0.05, 0) is 30.3 Å². The Labute approximate surface area is 173 Å². The van der Waals surface area contributed by atoms with Crippen molar-refractivity contribution in [3.05, 3.63) is 59.7 Å². The summed E-state index contributed by atoms with van der Waals surface area (Å²) in [6, 6.07) is 9.08. The fourth-order valence-electron chi connectivity index (χ4n) is 3.60. The van der Waals surface area contributed by atoms with E-state index in [9.17, 15) is 14.0 Å². The highest BCUT2D eigenvalue weighted by atomic mass is 19.1. The van der Waals surface area contributed by atoms with Crippen molar-refractivity contribution < 1.29 is 23.8 Å². The molecular weight excluding hydrogens is 391 g/mol. The molecule has 0 radical (unpaired) electrons. The van der Waals surface area contributed by atoms with Crippen LogP contribution in [0.5, 0.6) is 0 Å². The van der Waals surface area contributed by atoms with Crippen LogP contribution in [0.4, 0.5) is 14.9 Å². The van der Waals surface area contributed by atoms with E-state index >= 15 is 0 Å². The number of hydrogen-bond donors (Lipinski definition) is 1. The van der Waals surface area contributed by atoms with Crippen LogP contribution >= 0.6 is 0 Å². The minimum absolute atomic E-state index is 0.0680. The first-order chi connectivity index (χ1) is 14.5. The molecule has 2 fully saturated rings. The number of carboxylic acids is 1. The molecule has 0 saturated carbocycles. The minimum Gasteiger partial charge on any atom is -0.478 e.